The Morgan fingerprint density at radius 2 is 1.63 bits per heavy atom. The maximum absolute atomic E-state index is 6.81. The Labute approximate surface area is 127 Å². The van der Waals surface area contributed by atoms with Crippen LogP contribution in [0, 0.1) is 17.8 Å². The molecule has 2 aromatic rings. The molecular formula is C17H16BrCl. The Kier molecular flexibility index (Phi) is 2.89. The first-order valence-corrected chi connectivity index (χ1v) is 8.28. The van der Waals surface area contributed by atoms with Crippen LogP contribution in [0.15, 0.2) is 40.9 Å². The van der Waals surface area contributed by atoms with E-state index in [1.54, 1.807) is 0 Å². The standard InChI is InChI=1S/C17H16BrCl/c18-16-6-5-15(13-3-1-2-4-14(13)16)17(19)12-8-10-7-11(10)9-12/h1-6,10-12,17H,7-9H2. The second-order valence-corrected chi connectivity index (χ2v) is 7.40. The van der Waals surface area contributed by atoms with Crippen molar-refractivity contribution in [2.45, 2.75) is 24.6 Å². The summed E-state index contributed by atoms with van der Waals surface area (Å²) < 4.78 is 1.16. The topological polar surface area (TPSA) is 0 Å². The molecule has 2 saturated carbocycles. The van der Waals surface area contributed by atoms with Crippen LogP contribution in [0.4, 0.5) is 0 Å². The summed E-state index contributed by atoms with van der Waals surface area (Å²) in [6.07, 6.45) is 4.13. The van der Waals surface area contributed by atoms with Crippen LogP contribution in [-0.4, -0.2) is 0 Å². The van der Waals surface area contributed by atoms with Crippen molar-refractivity contribution >= 4 is 38.3 Å². The zero-order valence-electron chi connectivity index (χ0n) is 10.7. The highest BCUT2D eigenvalue weighted by molar-refractivity contribution is 9.10. The molecule has 0 saturated heterocycles. The van der Waals surface area contributed by atoms with Crippen LogP contribution in [0.2, 0.25) is 0 Å². The second kappa shape index (κ2) is 4.49. The average Bonchev–Trinajstić information content (AvgIpc) is 3.05. The molecule has 98 valence electrons. The van der Waals surface area contributed by atoms with E-state index < -0.39 is 0 Å². The van der Waals surface area contributed by atoms with E-state index in [0.717, 1.165) is 16.3 Å². The number of fused-ring (bicyclic) bond motifs is 2. The fraction of sp³-hybridized carbons (Fsp3) is 0.412. The summed E-state index contributed by atoms with van der Waals surface area (Å²) in [6.45, 7) is 0. The zero-order valence-corrected chi connectivity index (χ0v) is 13.0. The maximum atomic E-state index is 6.81. The Bertz CT molecular complexity index is 626. The highest BCUT2D eigenvalue weighted by Crippen LogP contribution is 2.58. The van der Waals surface area contributed by atoms with Gasteiger partial charge in [0, 0.05) is 4.47 Å². The van der Waals surface area contributed by atoms with Crippen molar-refractivity contribution in [2.75, 3.05) is 0 Å². The van der Waals surface area contributed by atoms with Crippen LogP contribution in [0.25, 0.3) is 10.8 Å². The van der Waals surface area contributed by atoms with Gasteiger partial charge in [-0.15, -0.1) is 11.6 Å². The summed E-state index contributed by atoms with van der Waals surface area (Å²) in [4.78, 5) is 0. The summed E-state index contributed by atoms with van der Waals surface area (Å²) in [5, 5.41) is 2.75. The van der Waals surface area contributed by atoms with E-state index in [2.05, 4.69) is 52.3 Å². The van der Waals surface area contributed by atoms with Crippen molar-refractivity contribution in [1.29, 1.82) is 0 Å². The number of halogens is 2. The Morgan fingerprint density at radius 1 is 0.947 bits per heavy atom. The lowest BCUT2D eigenvalue weighted by atomic mass is 9.91. The summed E-state index contributed by atoms with van der Waals surface area (Å²) in [5.74, 6) is 2.66. The van der Waals surface area contributed by atoms with Crippen molar-refractivity contribution in [3.8, 4) is 0 Å². The molecule has 0 heterocycles. The fourth-order valence-corrected chi connectivity index (χ4v) is 4.65. The van der Waals surface area contributed by atoms with Crippen molar-refractivity contribution < 1.29 is 0 Å². The van der Waals surface area contributed by atoms with Crippen molar-refractivity contribution in [1.82, 2.24) is 0 Å². The molecular weight excluding hydrogens is 320 g/mol. The molecule has 2 aromatic carbocycles. The summed E-state index contributed by atoms with van der Waals surface area (Å²) in [7, 11) is 0. The first kappa shape index (κ1) is 12.2. The van der Waals surface area contributed by atoms with Gasteiger partial charge in [0.2, 0.25) is 0 Å². The lowest BCUT2D eigenvalue weighted by Crippen LogP contribution is -2.06. The number of alkyl halides is 1. The molecule has 19 heavy (non-hydrogen) atoms. The molecule has 0 amide bonds. The molecule has 0 radical (unpaired) electrons. The summed E-state index contributed by atoms with van der Waals surface area (Å²) in [5.41, 5.74) is 1.31. The Balaban J connectivity index is 1.76. The molecule has 4 rings (SSSR count). The minimum atomic E-state index is 0.172. The monoisotopic (exact) mass is 334 g/mol. The van der Waals surface area contributed by atoms with E-state index in [1.165, 1.54) is 35.6 Å². The van der Waals surface area contributed by atoms with E-state index in [1.807, 2.05) is 0 Å². The SMILES string of the molecule is ClC(c1ccc(Br)c2ccccc12)C1CC2CC2C1. The Morgan fingerprint density at radius 3 is 2.37 bits per heavy atom. The lowest BCUT2D eigenvalue weighted by Gasteiger charge is -2.21. The van der Waals surface area contributed by atoms with Crippen LogP contribution in [0.5, 0.6) is 0 Å². The van der Waals surface area contributed by atoms with Crippen LogP contribution in [0.3, 0.4) is 0 Å². The fourth-order valence-electron chi connectivity index (χ4n) is 3.78. The molecule has 3 unspecified atom stereocenters. The van der Waals surface area contributed by atoms with E-state index >= 15 is 0 Å². The van der Waals surface area contributed by atoms with Gasteiger partial charge in [-0.2, -0.15) is 0 Å². The Hall–Kier alpha value is -0.530. The summed E-state index contributed by atoms with van der Waals surface area (Å²) in [6, 6.07) is 12.9. The van der Waals surface area contributed by atoms with Gasteiger partial charge in [-0.25, -0.2) is 0 Å². The van der Waals surface area contributed by atoms with Gasteiger partial charge in [0.05, 0.1) is 5.38 Å². The molecule has 0 spiro atoms. The van der Waals surface area contributed by atoms with Gasteiger partial charge in [-0.3, -0.25) is 0 Å². The first-order chi connectivity index (χ1) is 9.24. The van der Waals surface area contributed by atoms with Crippen LogP contribution < -0.4 is 0 Å². The van der Waals surface area contributed by atoms with Gasteiger partial charge in [-0.05, 0) is 59.4 Å². The van der Waals surface area contributed by atoms with Crippen LogP contribution in [0.1, 0.15) is 30.2 Å². The molecule has 0 aliphatic heterocycles. The molecule has 0 bridgehead atoms. The van der Waals surface area contributed by atoms with Gasteiger partial charge in [0.1, 0.15) is 0 Å². The molecule has 0 aromatic heterocycles. The third-order valence-electron chi connectivity index (χ3n) is 4.90. The average molecular weight is 336 g/mol. The predicted octanol–water partition coefficient (Wildman–Crippen LogP) is 5.93. The van der Waals surface area contributed by atoms with Crippen molar-refractivity contribution in [3.63, 3.8) is 0 Å². The number of hydrogen-bond acceptors (Lipinski definition) is 0. The van der Waals surface area contributed by atoms with Crippen molar-refractivity contribution in [2.24, 2.45) is 17.8 Å². The van der Waals surface area contributed by atoms with E-state index in [0.29, 0.717) is 5.92 Å². The van der Waals surface area contributed by atoms with E-state index in [4.69, 9.17) is 11.6 Å². The van der Waals surface area contributed by atoms with E-state index in [9.17, 15) is 0 Å². The van der Waals surface area contributed by atoms with Crippen molar-refractivity contribution in [3.05, 3.63) is 46.4 Å². The van der Waals surface area contributed by atoms with Gasteiger partial charge >= 0.3 is 0 Å². The highest BCUT2D eigenvalue weighted by atomic mass is 79.9. The highest BCUT2D eigenvalue weighted by Gasteiger charge is 2.47. The van der Waals surface area contributed by atoms with Gasteiger partial charge in [0.15, 0.2) is 0 Å². The third-order valence-corrected chi connectivity index (χ3v) is 6.18. The minimum absolute atomic E-state index is 0.172. The van der Waals surface area contributed by atoms with Crippen LogP contribution in [-0.2, 0) is 0 Å². The maximum Gasteiger partial charge on any atom is 0.0619 e. The molecule has 0 N–H and O–H groups in total. The molecule has 0 nitrogen and oxygen atoms in total. The third kappa shape index (κ3) is 2.02. The largest absolute Gasteiger partial charge is 0.117 e. The van der Waals surface area contributed by atoms with Gasteiger partial charge in [0.25, 0.3) is 0 Å². The van der Waals surface area contributed by atoms with Gasteiger partial charge < -0.3 is 0 Å². The second-order valence-electron chi connectivity index (χ2n) is 6.07. The smallest absolute Gasteiger partial charge is 0.0619 e. The number of benzene rings is 2. The summed E-state index contributed by atoms with van der Waals surface area (Å²) >= 11 is 10.5. The van der Waals surface area contributed by atoms with Gasteiger partial charge in [-0.1, -0.05) is 46.3 Å². The molecule has 3 atom stereocenters. The quantitative estimate of drug-likeness (QED) is 0.597. The number of rotatable bonds is 2. The first-order valence-electron chi connectivity index (χ1n) is 7.05. The molecule has 2 aliphatic carbocycles. The molecule has 2 aliphatic rings. The van der Waals surface area contributed by atoms with Crippen LogP contribution >= 0.6 is 27.5 Å². The zero-order chi connectivity index (χ0) is 13.0. The lowest BCUT2D eigenvalue weighted by molar-refractivity contribution is 0.473. The predicted molar refractivity (Wildman–Crippen MR) is 84.6 cm³/mol. The van der Waals surface area contributed by atoms with E-state index in [-0.39, 0.29) is 5.38 Å². The minimum Gasteiger partial charge on any atom is -0.117 e. The molecule has 2 heteroatoms. The number of hydrogen-bond donors (Lipinski definition) is 0. The normalized spacial score (nSPS) is 30.3. The molecule has 2 fully saturated rings.